The minimum atomic E-state index is -0.833. The molecule has 6 aromatic rings. The van der Waals surface area contributed by atoms with Gasteiger partial charge in [-0.25, -0.2) is 0 Å². The average Bonchev–Trinajstić information content (AvgIpc) is 3.37. The number of nitrogens with one attached hydrogen (secondary N) is 1. The lowest BCUT2D eigenvalue weighted by molar-refractivity contribution is -0.134. The molecule has 72 heavy (non-hydrogen) atoms. The Morgan fingerprint density at radius 3 is 1.49 bits per heavy atom. The number of fused-ring (bicyclic) bond motifs is 8. The van der Waals surface area contributed by atoms with E-state index in [-0.39, 0.29) is 39.2 Å². The standard InChI is InChI=1S/C30H35NO.C23H29NO.C7H6O.C2H4O2.3CH4/c1-30-18-10-4-9-15-26(29(30)31-21-23-11-5-2-6-12-23)19-25-16-17-27(20-28(25)30)32-22-24-13-7-3-8-14-24;1-23-13-7-3-6-10-19(22(23)24)14-18-11-12-20(15-21(18)23)25-16-17-8-4-2-5-9-17;8-6-7-4-2-1-3-5-7;1-2(3)4;;;/h2-3,5-8,11-14,16-17,20,26,29,31H,4,9-10,15,18-19,21-22H2,1H3;2,4-5,8-9,11-12,15,19,22H,3,6-7,10,13-14,16,24H2,1H3;1-6H;1H3,(H,3,4);3*1H4/t26-,29-,30+;19-,22-,23+;;;;;/m00...../s1. The molecule has 0 unspecified atom stereocenters. The number of rotatable bonds is 10. The van der Waals surface area contributed by atoms with Gasteiger partial charge in [-0.3, -0.25) is 9.59 Å². The fourth-order valence-corrected chi connectivity index (χ4v) is 11.4. The van der Waals surface area contributed by atoms with Crippen molar-refractivity contribution in [2.75, 3.05) is 0 Å². The molecule has 4 bridgehead atoms. The maximum Gasteiger partial charge on any atom is 0.300 e. The highest BCUT2D eigenvalue weighted by Gasteiger charge is 2.46. The maximum absolute atomic E-state index is 10.0. The predicted molar refractivity (Wildman–Crippen MR) is 300 cm³/mol. The zero-order valence-electron chi connectivity index (χ0n) is 41.2. The maximum atomic E-state index is 10.0. The van der Waals surface area contributed by atoms with Gasteiger partial charge < -0.3 is 25.6 Å². The molecule has 386 valence electrons. The van der Waals surface area contributed by atoms with Crippen LogP contribution in [-0.2, 0) is 48.2 Å². The van der Waals surface area contributed by atoms with Crippen LogP contribution in [0.2, 0.25) is 0 Å². The number of carbonyl (C=O) groups excluding carboxylic acids is 1. The van der Waals surface area contributed by atoms with Gasteiger partial charge in [-0.2, -0.15) is 0 Å². The smallest absolute Gasteiger partial charge is 0.300 e. The van der Waals surface area contributed by atoms with E-state index in [2.05, 4.69) is 140 Å². The number of carboxylic acids is 1. The Morgan fingerprint density at radius 1 is 0.597 bits per heavy atom. The number of benzene rings is 6. The second kappa shape index (κ2) is 28.9. The van der Waals surface area contributed by atoms with E-state index in [0.29, 0.717) is 31.1 Å². The van der Waals surface area contributed by atoms with E-state index in [9.17, 15) is 4.79 Å². The lowest BCUT2D eigenvalue weighted by Crippen LogP contribution is -2.55. The van der Waals surface area contributed by atoms with Crippen LogP contribution in [0.4, 0.5) is 0 Å². The second-order valence-corrected chi connectivity index (χ2v) is 20.1. The van der Waals surface area contributed by atoms with Crippen LogP contribution in [0.15, 0.2) is 158 Å². The van der Waals surface area contributed by atoms with Crippen molar-refractivity contribution in [1.29, 1.82) is 0 Å². The Kier molecular flexibility index (Phi) is 23.5. The van der Waals surface area contributed by atoms with E-state index in [1.54, 1.807) is 12.1 Å². The molecule has 0 heterocycles. The van der Waals surface area contributed by atoms with E-state index >= 15 is 0 Å². The van der Waals surface area contributed by atoms with E-state index in [1.807, 2.05) is 24.3 Å². The molecule has 6 aromatic carbocycles. The molecule has 2 saturated carbocycles. The van der Waals surface area contributed by atoms with Gasteiger partial charge in [-0.1, -0.05) is 208 Å². The molecule has 6 atom stereocenters. The van der Waals surface area contributed by atoms with E-state index in [4.69, 9.17) is 25.1 Å². The third-order valence-electron chi connectivity index (χ3n) is 15.1. The number of ether oxygens (including phenoxy) is 2. The van der Waals surface area contributed by atoms with E-state index in [0.717, 1.165) is 43.2 Å². The van der Waals surface area contributed by atoms with Crippen LogP contribution in [0, 0.1) is 11.8 Å². The molecule has 0 saturated heterocycles. The van der Waals surface area contributed by atoms with Gasteiger partial charge in [0, 0.05) is 41.9 Å². The summed E-state index contributed by atoms with van der Waals surface area (Å²) in [6, 6.07) is 55.1. The number of carboxylic acid groups (broad SMARTS) is 1. The van der Waals surface area contributed by atoms with Crippen LogP contribution >= 0.6 is 0 Å². The van der Waals surface area contributed by atoms with Crippen LogP contribution in [0.1, 0.15) is 157 Å². The van der Waals surface area contributed by atoms with Gasteiger partial charge in [0.15, 0.2) is 0 Å². The zero-order chi connectivity index (χ0) is 48.5. The number of hydrogen-bond acceptors (Lipinski definition) is 6. The third kappa shape index (κ3) is 15.7. The molecule has 2 fully saturated rings. The molecule has 0 amide bonds. The monoisotopic (exact) mass is 975 g/mol. The van der Waals surface area contributed by atoms with Gasteiger partial charge >= 0.3 is 0 Å². The molecule has 7 nitrogen and oxygen atoms in total. The predicted octanol–water partition coefficient (Wildman–Crippen LogP) is 15.3. The topological polar surface area (TPSA) is 111 Å². The van der Waals surface area contributed by atoms with Gasteiger partial charge in [-0.05, 0) is 114 Å². The number of carbonyl (C=O) groups is 2. The van der Waals surface area contributed by atoms with Gasteiger partial charge in [-0.15, -0.1) is 0 Å². The summed E-state index contributed by atoms with van der Waals surface area (Å²) >= 11 is 0. The second-order valence-electron chi connectivity index (χ2n) is 20.1. The molecular formula is C65H86N2O5. The molecule has 0 aromatic heterocycles. The molecular weight excluding hydrogens is 889 g/mol. The van der Waals surface area contributed by atoms with Crippen molar-refractivity contribution >= 4 is 12.3 Å². The quantitative estimate of drug-likeness (QED) is 0.117. The normalized spacial score (nSPS) is 22.2. The number of aldehydes is 1. The lowest BCUT2D eigenvalue weighted by Gasteiger charge is -2.49. The molecule has 4 aliphatic carbocycles. The molecule has 10 rings (SSSR count). The molecule has 7 heteroatoms. The van der Waals surface area contributed by atoms with Crippen LogP contribution in [0.5, 0.6) is 11.5 Å². The first kappa shape index (κ1) is 58.5. The van der Waals surface area contributed by atoms with Crippen molar-refractivity contribution in [3.8, 4) is 11.5 Å². The largest absolute Gasteiger partial charge is 0.489 e. The van der Waals surface area contributed by atoms with Gasteiger partial charge in [0.05, 0.1) is 0 Å². The first-order valence-electron chi connectivity index (χ1n) is 25.4. The van der Waals surface area contributed by atoms with Gasteiger partial charge in [0.1, 0.15) is 31.0 Å². The summed E-state index contributed by atoms with van der Waals surface area (Å²) in [6.45, 7) is 8.15. The summed E-state index contributed by atoms with van der Waals surface area (Å²) in [5.41, 5.74) is 17.5. The van der Waals surface area contributed by atoms with Gasteiger partial charge in [0.2, 0.25) is 0 Å². The Labute approximate surface area is 434 Å². The molecule has 4 N–H and O–H groups in total. The lowest BCUT2D eigenvalue weighted by atomic mass is 9.59. The Balaban J connectivity index is 0.000000250. The average molecular weight is 975 g/mol. The molecule has 0 radical (unpaired) electrons. The summed E-state index contributed by atoms with van der Waals surface area (Å²) in [7, 11) is 0. The van der Waals surface area contributed by atoms with Crippen molar-refractivity contribution in [2.24, 2.45) is 17.6 Å². The highest BCUT2D eigenvalue weighted by Crippen LogP contribution is 2.48. The first-order chi connectivity index (χ1) is 33.6. The third-order valence-corrected chi connectivity index (χ3v) is 15.1. The number of hydrogen-bond donors (Lipinski definition) is 3. The molecule has 0 spiro atoms. The number of nitrogens with two attached hydrogens (primary N) is 1. The van der Waals surface area contributed by atoms with Crippen LogP contribution in [0.25, 0.3) is 0 Å². The highest BCUT2D eigenvalue weighted by atomic mass is 16.5. The SMILES string of the molecule is C.C.C.CC(=O)O.C[C@@]12CCCCC[C@@H](Cc3ccc(OCc4ccccc4)cc31)[C@@H]2N.C[C@@]12CCCCC[C@@H](Cc3ccc(OCc4ccccc4)cc31)[C@@H]2NCc1ccccc1.O=Cc1ccccc1. The van der Waals surface area contributed by atoms with Gasteiger partial charge in [0.25, 0.3) is 5.97 Å². The Bertz CT molecular complexity index is 2500. The summed E-state index contributed by atoms with van der Waals surface area (Å²) in [6.07, 6.45) is 16.2. The highest BCUT2D eigenvalue weighted by molar-refractivity contribution is 5.74. The summed E-state index contributed by atoms with van der Waals surface area (Å²) in [5.74, 6) is 2.47. The fourth-order valence-electron chi connectivity index (χ4n) is 11.4. The molecule has 0 aliphatic heterocycles. The van der Waals surface area contributed by atoms with Crippen molar-refractivity contribution in [3.05, 3.63) is 202 Å². The zero-order valence-corrected chi connectivity index (χ0v) is 41.2. The van der Waals surface area contributed by atoms with Crippen molar-refractivity contribution in [2.45, 2.75) is 163 Å². The summed E-state index contributed by atoms with van der Waals surface area (Å²) < 4.78 is 12.3. The first-order valence-corrected chi connectivity index (χ1v) is 25.4. The van der Waals surface area contributed by atoms with Crippen molar-refractivity contribution < 1.29 is 24.2 Å². The fraction of sp³-hybridized carbons (Fsp3) is 0.415. The Morgan fingerprint density at radius 2 is 1.01 bits per heavy atom. The summed E-state index contributed by atoms with van der Waals surface area (Å²) in [4.78, 5) is 19.0. The van der Waals surface area contributed by atoms with Crippen LogP contribution in [0.3, 0.4) is 0 Å². The summed E-state index contributed by atoms with van der Waals surface area (Å²) in [5, 5.41) is 11.4. The van der Waals surface area contributed by atoms with Crippen molar-refractivity contribution in [1.82, 2.24) is 5.32 Å². The minimum absolute atomic E-state index is 0. The minimum Gasteiger partial charge on any atom is -0.489 e. The van der Waals surface area contributed by atoms with Crippen molar-refractivity contribution in [3.63, 3.8) is 0 Å². The van der Waals surface area contributed by atoms with Crippen LogP contribution in [-0.4, -0.2) is 29.4 Å². The number of aliphatic carboxylic acids is 1. The van der Waals surface area contributed by atoms with E-state index in [1.165, 1.54) is 110 Å². The Hall–Kier alpha value is -6.02. The van der Waals surface area contributed by atoms with E-state index < -0.39 is 5.97 Å². The molecule has 4 aliphatic rings. The van der Waals surface area contributed by atoms with Crippen LogP contribution < -0.4 is 20.5 Å².